The monoisotopic (exact) mass is 346 g/mol. The maximum atomic E-state index is 12.0. The Hall–Kier alpha value is -2.66. The first-order valence-electron chi connectivity index (χ1n) is 9.33. The van der Waals surface area contributed by atoms with Gasteiger partial charge >= 0.3 is 0 Å². The molecule has 2 aliphatic rings. The van der Waals surface area contributed by atoms with Crippen LogP contribution in [0.1, 0.15) is 25.0 Å². The molecule has 0 saturated carbocycles. The molecule has 2 aliphatic heterocycles. The summed E-state index contributed by atoms with van der Waals surface area (Å²) in [5.41, 5.74) is 4.36. The van der Waals surface area contributed by atoms with Crippen LogP contribution >= 0.6 is 0 Å². The van der Waals surface area contributed by atoms with E-state index in [2.05, 4.69) is 57.2 Å². The van der Waals surface area contributed by atoms with Crippen LogP contribution in [0.3, 0.4) is 0 Å². The van der Waals surface area contributed by atoms with Gasteiger partial charge in [0, 0.05) is 43.4 Å². The number of aromatic nitrogens is 2. The maximum absolute atomic E-state index is 12.0. The molecule has 1 aromatic carbocycles. The number of amides is 1. The number of nitrogens with zero attached hydrogens (tertiary/aromatic N) is 3. The van der Waals surface area contributed by atoms with Crippen molar-refractivity contribution in [1.29, 1.82) is 0 Å². The van der Waals surface area contributed by atoms with E-state index in [1.54, 1.807) is 0 Å². The molecule has 0 aliphatic carbocycles. The molecule has 132 valence electrons. The fraction of sp³-hybridized carbons (Fsp3) is 0.333. The van der Waals surface area contributed by atoms with Crippen molar-refractivity contribution < 1.29 is 4.79 Å². The van der Waals surface area contributed by atoms with Gasteiger partial charge in [-0.05, 0) is 25.0 Å². The molecule has 2 aromatic heterocycles. The number of nitrogens with one attached hydrogen (secondary N) is 1. The Balaban J connectivity index is 1.59. The van der Waals surface area contributed by atoms with E-state index in [9.17, 15) is 4.79 Å². The average Bonchev–Trinajstić information content (AvgIpc) is 3.17. The van der Waals surface area contributed by atoms with Gasteiger partial charge in [-0.15, -0.1) is 0 Å². The number of fused-ring (bicyclic) bond motifs is 3. The third kappa shape index (κ3) is 2.59. The summed E-state index contributed by atoms with van der Waals surface area (Å²) in [6.07, 6.45) is 4.96. The highest BCUT2D eigenvalue weighted by Gasteiger charge is 2.38. The van der Waals surface area contributed by atoms with Crippen molar-refractivity contribution in [3.05, 3.63) is 60.4 Å². The standard InChI is InChI=1S/C21H22N4O/c26-20-12-16-9-10-17(13-22-20)25(16)14-18-21(15-6-2-1-3-7-15)23-19-8-4-5-11-24(18)19/h1-8,11,16-17H,9-10,12-14H2,(H,22,26)/t16-,17+/m0/s1. The summed E-state index contributed by atoms with van der Waals surface area (Å²) < 4.78 is 2.20. The summed E-state index contributed by atoms with van der Waals surface area (Å²) in [5.74, 6) is 0.184. The van der Waals surface area contributed by atoms with Crippen molar-refractivity contribution in [2.24, 2.45) is 0 Å². The quantitative estimate of drug-likeness (QED) is 0.793. The van der Waals surface area contributed by atoms with Crippen molar-refractivity contribution in [1.82, 2.24) is 19.6 Å². The van der Waals surface area contributed by atoms with Crippen LogP contribution in [0.25, 0.3) is 16.9 Å². The van der Waals surface area contributed by atoms with Crippen molar-refractivity contribution in [3.63, 3.8) is 0 Å². The van der Waals surface area contributed by atoms with Gasteiger partial charge in [0.1, 0.15) is 5.65 Å². The highest BCUT2D eigenvalue weighted by molar-refractivity contribution is 5.77. The summed E-state index contributed by atoms with van der Waals surface area (Å²) >= 11 is 0. The molecule has 5 heteroatoms. The van der Waals surface area contributed by atoms with Crippen molar-refractivity contribution in [2.75, 3.05) is 6.54 Å². The Morgan fingerprint density at radius 1 is 1.04 bits per heavy atom. The Morgan fingerprint density at radius 2 is 1.85 bits per heavy atom. The molecule has 5 rings (SSSR count). The fourth-order valence-electron chi connectivity index (χ4n) is 4.43. The molecular weight excluding hydrogens is 324 g/mol. The molecule has 0 unspecified atom stereocenters. The van der Waals surface area contributed by atoms with E-state index in [1.807, 2.05) is 12.1 Å². The lowest BCUT2D eigenvalue weighted by Crippen LogP contribution is -2.37. The topological polar surface area (TPSA) is 49.6 Å². The molecule has 2 saturated heterocycles. The van der Waals surface area contributed by atoms with Gasteiger partial charge in [-0.25, -0.2) is 4.98 Å². The molecule has 2 atom stereocenters. The molecule has 2 bridgehead atoms. The smallest absolute Gasteiger partial charge is 0.221 e. The highest BCUT2D eigenvalue weighted by atomic mass is 16.1. The van der Waals surface area contributed by atoms with Crippen LogP contribution in [0.2, 0.25) is 0 Å². The van der Waals surface area contributed by atoms with Crippen molar-refractivity contribution >= 4 is 11.6 Å². The molecule has 3 aromatic rings. The van der Waals surface area contributed by atoms with Crippen molar-refractivity contribution in [2.45, 2.75) is 37.9 Å². The SMILES string of the molecule is O=C1C[C@@H]2CC[C@H](CN1)N2Cc1c(-c2ccccc2)nc2ccccn12. The van der Waals surface area contributed by atoms with E-state index in [4.69, 9.17) is 4.98 Å². The minimum Gasteiger partial charge on any atom is -0.354 e. The predicted molar refractivity (Wildman–Crippen MR) is 101 cm³/mol. The lowest BCUT2D eigenvalue weighted by atomic mass is 10.1. The normalized spacial score (nSPS) is 23.2. The fourth-order valence-corrected chi connectivity index (χ4v) is 4.43. The number of rotatable bonds is 3. The lowest BCUT2D eigenvalue weighted by Gasteiger charge is -2.27. The number of pyridine rings is 1. The van der Waals surface area contributed by atoms with Gasteiger partial charge in [0.05, 0.1) is 11.4 Å². The number of carbonyl (C=O) groups is 1. The molecule has 1 amide bonds. The summed E-state index contributed by atoms with van der Waals surface area (Å²) in [5, 5.41) is 3.07. The Kier molecular flexibility index (Phi) is 3.75. The zero-order valence-electron chi connectivity index (χ0n) is 14.6. The summed E-state index contributed by atoms with van der Waals surface area (Å²) in [7, 11) is 0. The lowest BCUT2D eigenvalue weighted by molar-refractivity contribution is -0.121. The minimum absolute atomic E-state index is 0.184. The molecule has 5 nitrogen and oxygen atoms in total. The van der Waals surface area contributed by atoms with E-state index >= 15 is 0 Å². The zero-order valence-corrected chi connectivity index (χ0v) is 14.6. The highest BCUT2D eigenvalue weighted by Crippen LogP contribution is 2.33. The molecule has 2 fully saturated rings. The first-order chi connectivity index (χ1) is 12.8. The number of benzene rings is 1. The third-order valence-corrected chi connectivity index (χ3v) is 5.74. The molecule has 1 N–H and O–H groups in total. The van der Waals surface area contributed by atoms with E-state index in [-0.39, 0.29) is 5.91 Å². The van der Waals surface area contributed by atoms with E-state index < -0.39 is 0 Å². The summed E-state index contributed by atoms with van der Waals surface area (Å²) in [6.45, 7) is 1.58. The van der Waals surface area contributed by atoms with Crippen LogP contribution in [0.4, 0.5) is 0 Å². The van der Waals surface area contributed by atoms with Crippen LogP contribution in [0, 0.1) is 0 Å². The second-order valence-corrected chi connectivity index (χ2v) is 7.27. The van der Waals surface area contributed by atoms with Gasteiger partial charge in [-0.2, -0.15) is 0 Å². The summed E-state index contributed by atoms with van der Waals surface area (Å²) in [4.78, 5) is 19.4. The molecule has 0 spiro atoms. The molecular formula is C21H22N4O. The molecule has 4 heterocycles. The maximum Gasteiger partial charge on any atom is 0.221 e. The van der Waals surface area contributed by atoms with Gasteiger partial charge < -0.3 is 9.72 Å². The van der Waals surface area contributed by atoms with Gasteiger partial charge in [0.15, 0.2) is 0 Å². The van der Waals surface area contributed by atoms with Gasteiger partial charge in [-0.3, -0.25) is 9.69 Å². The number of imidazole rings is 1. The number of carbonyl (C=O) groups excluding carboxylic acids is 1. The van der Waals surface area contributed by atoms with Crippen LogP contribution in [-0.4, -0.2) is 38.8 Å². The minimum atomic E-state index is 0.184. The Morgan fingerprint density at radius 3 is 2.73 bits per heavy atom. The van der Waals surface area contributed by atoms with Crippen LogP contribution < -0.4 is 5.32 Å². The van der Waals surface area contributed by atoms with Crippen LogP contribution in [0.15, 0.2) is 54.7 Å². The Labute approximate surface area is 152 Å². The molecule has 0 radical (unpaired) electrons. The van der Waals surface area contributed by atoms with Gasteiger partial charge in [-0.1, -0.05) is 36.4 Å². The van der Waals surface area contributed by atoms with E-state index in [1.165, 1.54) is 5.69 Å². The van der Waals surface area contributed by atoms with E-state index in [0.717, 1.165) is 42.8 Å². The first-order valence-corrected chi connectivity index (χ1v) is 9.33. The number of hydrogen-bond donors (Lipinski definition) is 1. The second kappa shape index (κ2) is 6.25. The third-order valence-electron chi connectivity index (χ3n) is 5.74. The number of hydrogen-bond acceptors (Lipinski definition) is 3. The largest absolute Gasteiger partial charge is 0.354 e. The molecule has 26 heavy (non-hydrogen) atoms. The second-order valence-electron chi connectivity index (χ2n) is 7.27. The summed E-state index contributed by atoms with van der Waals surface area (Å²) in [6, 6.07) is 17.3. The average molecular weight is 346 g/mol. The van der Waals surface area contributed by atoms with Gasteiger partial charge in [0.2, 0.25) is 5.91 Å². The van der Waals surface area contributed by atoms with Crippen molar-refractivity contribution in [3.8, 4) is 11.3 Å². The first kappa shape index (κ1) is 15.6. The van der Waals surface area contributed by atoms with Crippen LogP contribution in [-0.2, 0) is 11.3 Å². The Bertz CT molecular complexity index is 949. The zero-order chi connectivity index (χ0) is 17.5. The van der Waals surface area contributed by atoms with E-state index in [0.29, 0.717) is 18.5 Å². The predicted octanol–water partition coefficient (Wildman–Crippen LogP) is 2.85. The van der Waals surface area contributed by atoms with Gasteiger partial charge in [0.25, 0.3) is 0 Å². The van der Waals surface area contributed by atoms with Crippen LogP contribution in [0.5, 0.6) is 0 Å².